The molecular formula is C18H23FN2O4S. The number of benzene rings is 1. The number of amides is 3. The Labute approximate surface area is 156 Å². The number of hydrogen-bond acceptors (Lipinski definition) is 5. The Morgan fingerprint density at radius 1 is 1.23 bits per heavy atom. The third kappa shape index (κ3) is 6.67. The van der Waals surface area contributed by atoms with Crippen LogP contribution in [0.25, 0.3) is 0 Å². The number of hydrogen-bond donors (Lipinski definition) is 2. The minimum atomic E-state index is -1.11. The van der Waals surface area contributed by atoms with E-state index in [1.165, 1.54) is 13.0 Å². The molecule has 1 aromatic carbocycles. The topological polar surface area (TPSA) is 84.5 Å². The lowest BCUT2D eigenvalue weighted by Gasteiger charge is -2.23. The van der Waals surface area contributed by atoms with Crippen molar-refractivity contribution in [1.29, 1.82) is 0 Å². The maximum Gasteiger partial charge on any atom is 0.321 e. The second kappa shape index (κ2) is 10.2. The van der Waals surface area contributed by atoms with Crippen LogP contribution in [0.2, 0.25) is 0 Å². The largest absolute Gasteiger partial charge is 0.452 e. The predicted octanol–water partition coefficient (Wildman–Crippen LogP) is 3.01. The first kappa shape index (κ1) is 20.2. The molecule has 1 saturated carbocycles. The molecule has 1 fully saturated rings. The van der Waals surface area contributed by atoms with E-state index in [9.17, 15) is 18.8 Å². The Hall–Kier alpha value is -2.09. The number of carbonyl (C=O) groups excluding carboxylic acids is 3. The Balaban J connectivity index is 1.70. The van der Waals surface area contributed by atoms with Crippen molar-refractivity contribution in [3.63, 3.8) is 0 Å². The van der Waals surface area contributed by atoms with Crippen molar-refractivity contribution in [1.82, 2.24) is 10.6 Å². The van der Waals surface area contributed by atoms with Crippen LogP contribution in [0.3, 0.4) is 0 Å². The van der Waals surface area contributed by atoms with Gasteiger partial charge in [-0.3, -0.25) is 14.9 Å². The summed E-state index contributed by atoms with van der Waals surface area (Å²) in [5, 5.41) is 4.94. The zero-order valence-electron chi connectivity index (χ0n) is 14.6. The number of imide groups is 1. The van der Waals surface area contributed by atoms with Crippen LogP contribution >= 0.6 is 11.8 Å². The monoisotopic (exact) mass is 382 g/mol. The molecular weight excluding hydrogens is 359 g/mol. The fraction of sp³-hybridized carbons (Fsp3) is 0.500. The molecule has 1 atom stereocenters. The number of nitrogens with one attached hydrogen (secondary N) is 2. The highest BCUT2D eigenvalue weighted by molar-refractivity contribution is 8.00. The van der Waals surface area contributed by atoms with E-state index in [0.29, 0.717) is 4.90 Å². The molecule has 0 aromatic heterocycles. The Morgan fingerprint density at radius 2 is 1.92 bits per heavy atom. The molecule has 0 saturated heterocycles. The third-order valence-corrected chi connectivity index (χ3v) is 5.06. The zero-order valence-corrected chi connectivity index (χ0v) is 15.4. The molecule has 3 amide bonds. The molecule has 142 valence electrons. The van der Waals surface area contributed by atoms with Crippen LogP contribution in [0, 0.1) is 5.82 Å². The summed E-state index contributed by atoms with van der Waals surface area (Å²) in [5.74, 6) is -1.90. The van der Waals surface area contributed by atoms with E-state index in [1.54, 1.807) is 18.2 Å². The molecule has 1 aliphatic rings. The van der Waals surface area contributed by atoms with E-state index in [0.717, 1.165) is 43.9 Å². The SMILES string of the molecule is C[C@H](OC(=O)CSc1ccccc1F)C(=O)NC(=O)NC1CCCCC1. The average Bonchev–Trinajstić information content (AvgIpc) is 2.61. The van der Waals surface area contributed by atoms with Crippen LogP contribution in [0.4, 0.5) is 9.18 Å². The third-order valence-electron chi connectivity index (χ3n) is 4.04. The number of urea groups is 1. The first-order valence-electron chi connectivity index (χ1n) is 8.64. The number of esters is 1. The van der Waals surface area contributed by atoms with Gasteiger partial charge in [-0.05, 0) is 31.9 Å². The minimum absolute atomic E-state index is 0.0755. The standard InChI is InChI=1S/C18H23FN2O4S/c1-12(17(23)21-18(24)20-13-7-3-2-4-8-13)25-16(22)11-26-15-10-6-5-9-14(15)19/h5-6,9-10,12-13H,2-4,7-8,11H2,1H3,(H2,20,21,23,24)/t12-/m0/s1. The summed E-state index contributed by atoms with van der Waals surface area (Å²) in [7, 11) is 0. The normalized spacial score (nSPS) is 15.8. The van der Waals surface area contributed by atoms with Gasteiger partial charge in [-0.25, -0.2) is 9.18 Å². The average molecular weight is 382 g/mol. The van der Waals surface area contributed by atoms with Crippen molar-refractivity contribution >= 4 is 29.7 Å². The summed E-state index contributed by atoms with van der Waals surface area (Å²) >= 11 is 0.986. The fourth-order valence-corrected chi connectivity index (χ4v) is 3.39. The first-order chi connectivity index (χ1) is 12.5. The summed E-state index contributed by atoms with van der Waals surface area (Å²) in [5.41, 5.74) is 0. The first-order valence-corrected chi connectivity index (χ1v) is 9.62. The molecule has 0 spiro atoms. The molecule has 8 heteroatoms. The van der Waals surface area contributed by atoms with Gasteiger partial charge in [0, 0.05) is 10.9 Å². The molecule has 1 aliphatic carbocycles. The quantitative estimate of drug-likeness (QED) is 0.584. The molecule has 0 unspecified atom stereocenters. The highest BCUT2D eigenvalue weighted by Crippen LogP contribution is 2.21. The second-order valence-electron chi connectivity index (χ2n) is 6.15. The second-order valence-corrected chi connectivity index (χ2v) is 7.17. The van der Waals surface area contributed by atoms with Gasteiger partial charge in [0.05, 0.1) is 5.75 Å². The number of ether oxygens (including phenoxy) is 1. The number of thioether (sulfide) groups is 1. The Bertz CT molecular complexity index is 650. The molecule has 26 heavy (non-hydrogen) atoms. The van der Waals surface area contributed by atoms with Crippen molar-refractivity contribution < 1.29 is 23.5 Å². The lowest BCUT2D eigenvalue weighted by molar-refractivity contribution is -0.151. The van der Waals surface area contributed by atoms with Crippen molar-refractivity contribution in [3.8, 4) is 0 Å². The van der Waals surface area contributed by atoms with Gasteiger partial charge < -0.3 is 10.1 Å². The lowest BCUT2D eigenvalue weighted by Crippen LogP contribution is -2.48. The molecule has 0 bridgehead atoms. The number of rotatable bonds is 6. The van der Waals surface area contributed by atoms with Gasteiger partial charge in [-0.1, -0.05) is 31.4 Å². The smallest absolute Gasteiger partial charge is 0.321 e. The number of halogens is 1. The van der Waals surface area contributed by atoms with E-state index in [-0.39, 0.29) is 11.8 Å². The molecule has 0 aliphatic heterocycles. The Kier molecular flexibility index (Phi) is 7.90. The van der Waals surface area contributed by atoms with Crippen LogP contribution in [0.5, 0.6) is 0 Å². The highest BCUT2D eigenvalue weighted by atomic mass is 32.2. The lowest BCUT2D eigenvalue weighted by atomic mass is 9.96. The molecule has 6 nitrogen and oxygen atoms in total. The van der Waals surface area contributed by atoms with E-state index in [4.69, 9.17) is 4.74 Å². The van der Waals surface area contributed by atoms with Crippen molar-refractivity contribution in [2.45, 2.75) is 56.1 Å². The summed E-state index contributed by atoms with van der Waals surface area (Å²) in [6, 6.07) is 5.57. The molecule has 0 heterocycles. The van der Waals surface area contributed by atoms with Crippen LogP contribution in [0.15, 0.2) is 29.2 Å². The van der Waals surface area contributed by atoms with E-state index >= 15 is 0 Å². The van der Waals surface area contributed by atoms with Gasteiger partial charge in [0.25, 0.3) is 5.91 Å². The van der Waals surface area contributed by atoms with Gasteiger partial charge in [0.2, 0.25) is 0 Å². The van der Waals surface area contributed by atoms with Crippen molar-refractivity contribution in [2.24, 2.45) is 0 Å². The van der Waals surface area contributed by atoms with Crippen LogP contribution < -0.4 is 10.6 Å². The summed E-state index contributed by atoms with van der Waals surface area (Å²) < 4.78 is 18.5. The summed E-state index contributed by atoms with van der Waals surface area (Å²) in [6.07, 6.45) is 3.98. The van der Waals surface area contributed by atoms with Crippen LogP contribution in [-0.2, 0) is 14.3 Å². The van der Waals surface area contributed by atoms with Crippen LogP contribution in [-0.4, -0.2) is 35.8 Å². The molecule has 2 N–H and O–H groups in total. The van der Waals surface area contributed by atoms with Gasteiger partial charge >= 0.3 is 12.0 Å². The summed E-state index contributed by atoms with van der Waals surface area (Å²) in [6.45, 7) is 1.38. The number of carbonyl (C=O) groups is 3. The van der Waals surface area contributed by atoms with E-state index < -0.39 is 29.8 Å². The minimum Gasteiger partial charge on any atom is -0.452 e. The van der Waals surface area contributed by atoms with E-state index in [2.05, 4.69) is 10.6 Å². The van der Waals surface area contributed by atoms with Gasteiger partial charge in [0.1, 0.15) is 5.82 Å². The van der Waals surface area contributed by atoms with Crippen molar-refractivity contribution in [2.75, 3.05) is 5.75 Å². The van der Waals surface area contributed by atoms with Gasteiger partial charge in [-0.15, -0.1) is 11.8 Å². The Morgan fingerprint density at radius 3 is 2.62 bits per heavy atom. The molecule has 2 rings (SSSR count). The molecule has 1 aromatic rings. The maximum absolute atomic E-state index is 13.5. The maximum atomic E-state index is 13.5. The fourth-order valence-electron chi connectivity index (χ4n) is 2.67. The van der Waals surface area contributed by atoms with Crippen LogP contribution in [0.1, 0.15) is 39.0 Å². The van der Waals surface area contributed by atoms with E-state index in [1.807, 2.05) is 0 Å². The van der Waals surface area contributed by atoms with Crippen molar-refractivity contribution in [3.05, 3.63) is 30.1 Å². The predicted molar refractivity (Wildman–Crippen MR) is 96.2 cm³/mol. The highest BCUT2D eigenvalue weighted by Gasteiger charge is 2.22. The van der Waals surface area contributed by atoms with Gasteiger partial charge in [0.15, 0.2) is 6.10 Å². The molecule has 0 radical (unpaired) electrons. The zero-order chi connectivity index (χ0) is 18.9. The van der Waals surface area contributed by atoms with Gasteiger partial charge in [-0.2, -0.15) is 0 Å². The summed E-state index contributed by atoms with van der Waals surface area (Å²) in [4.78, 5) is 35.9.